The van der Waals surface area contributed by atoms with Crippen LogP contribution < -0.4 is 0 Å². The lowest BCUT2D eigenvalue weighted by atomic mass is 10.2. The van der Waals surface area contributed by atoms with Crippen LogP contribution in [0.1, 0.15) is 15.2 Å². The number of carbonyl (C=O) groups is 1. The van der Waals surface area contributed by atoms with Crippen molar-refractivity contribution in [2.45, 2.75) is 11.8 Å². The highest BCUT2D eigenvalue weighted by molar-refractivity contribution is 8.00. The minimum absolute atomic E-state index is 0.0867. The Hall–Kier alpha value is -1.13. The second-order valence-electron chi connectivity index (χ2n) is 3.62. The molecule has 88 valence electrons. The van der Waals surface area contributed by atoms with Gasteiger partial charge in [0.05, 0.1) is 5.75 Å². The smallest absolute Gasteiger partial charge is 0.173 e. The Morgan fingerprint density at radius 2 is 2.24 bits per heavy atom. The van der Waals surface area contributed by atoms with Crippen molar-refractivity contribution >= 4 is 28.9 Å². The van der Waals surface area contributed by atoms with Crippen LogP contribution in [0.15, 0.2) is 40.6 Å². The molecule has 2 aromatic rings. The summed E-state index contributed by atoms with van der Waals surface area (Å²) < 4.78 is 12.9. The first-order valence-corrected chi connectivity index (χ1v) is 6.98. The fourth-order valence-corrected chi connectivity index (χ4v) is 2.92. The topological polar surface area (TPSA) is 17.1 Å². The van der Waals surface area contributed by atoms with Crippen molar-refractivity contribution in [1.82, 2.24) is 0 Å². The highest BCUT2D eigenvalue weighted by Gasteiger charge is 2.08. The maximum absolute atomic E-state index is 12.9. The summed E-state index contributed by atoms with van der Waals surface area (Å²) in [7, 11) is 0. The Morgan fingerprint density at radius 3 is 2.88 bits per heavy atom. The lowest BCUT2D eigenvalue weighted by Crippen LogP contribution is -2.00. The standard InChI is InChI=1S/C13H11FOS2/c1-9-5-10(7-16-9)13(15)8-17-12-4-2-3-11(14)6-12/h2-7H,8H2,1H3. The lowest BCUT2D eigenvalue weighted by Gasteiger charge is -2.00. The molecule has 0 saturated heterocycles. The van der Waals surface area contributed by atoms with Crippen molar-refractivity contribution in [3.05, 3.63) is 52.0 Å². The van der Waals surface area contributed by atoms with E-state index in [1.807, 2.05) is 18.4 Å². The van der Waals surface area contributed by atoms with E-state index in [9.17, 15) is 9.18 Å². The summed E-state index contributed by atoms with van der Waals surface area (Å²) in [6.45, 7) is 1.97. The minimum atomic E-state index is -0.270. The van der Waals surface area contributed by atoms with Gasteiger partial charge in [0.1, 0.15) is 5.82 Å². The van der Waals surface area contributed by atoms with Crippen molar-refractivity contribution < 1.29 is 9.18 Å². The molecule has 0 aliphatic rings. The number of benzene rings is 1. The van der Waals surface area contributed by atoms with E-state index in [0.717, 1.165) is 15.3 Å². The molecule has 0 bridgehead atoms. The van der Waals surface area contributed by atoms with E-state index in [4.69, 9.17) is 0 Å². The highest BCUT2D eigenvalue weighted by Crippen LogP contribution is 2.21. The Bertz CT molecular complexity index is 534. The molecule has 0 unspecified atom stereocenters. The first kappa shape index (κ1) is 12.3. The van der Waals surface area contributed by atoms with Gasteiger partial charge in [-0.15, -0.1) is 23.1 Å². The molecule has 1 heterocycles. The predicted molar refractivity (Wildman–Crippen MR) is 70.5 cm³/mol. The van der Waals surface area contributed by atoms with Gasteiger partial charge in [0.25, 0.3) is 0 Å². The van der Waals surface area contributed by atoms with Gasteiger partial charge in [-0.1, -0.05) is 6.07 Å². The lowest BCUT2D eigenvalue weighted by molar-refractivity contribution is 0.102. The Labute approximate surface area is 108 Å². The number of ketones is 1. The predicted octanol–water partition coefficient (Wildman–Crippen LogP) is 4.17. The van der Waals surface area contributed by atoms with E-state index in [-0.39, 0.29) is 11.6 Å². The van der Waals surface area contributed by atoms with Gasteiger partial charge in [0, 0.05) is 20.7 Å². The summed E-state index contributed by atoms with van der Waals surface area (Å²) in [4.78, 5) is 13.7. The summed E-state index contributed by atoms with van der Waals surface area (Å²) in [5.74, 6) is 0.164. The molecule has 2 rings (SSSR count). The molecule has 1 aromatic heterocycles. The van der Waals surface area contributed by atoms with Crippen molar-refractivity contribution in [1.29, 1.82) is 0 Å². The molecular formula is C13H11FOS2. The zero-order valence-electron chi connectivity index (χ0n) is 9.27. The molecule has 4 heteroatoms. The largest absolute Gasteiger partial charge is 0.293 e. The van der Waals surface area contributed by atoms with Crippen LogP contribution in [0.2, 0.25) is 0 Å². The van der Waals surface area contributed by atoms with Gasteiger partial charge in [0.2, 0.25) is 0 Å². The van der Waals surface area contributed by atoms with Crippen LogP contribution in [-0.2, 0) is 0 Å². The van der Waals surface area contributed by atoms with Gasteiger partial charge >= 0.3 is 0 Å². The fraction of sp³-hybridized carbons (Fsp3) is 0.154. The van der Waals surface area contributed by atoms with Gasteiger partial charge in [-0.05, 0) is 31.2 Å². The van der Waals surface area contributed by atoms with Crippen LogP contribution in [-0.4, -0.2) is 11.5 Å². The first-order valence-electron chi connectivity index (χ1n) is 5.12. The molecule has 0 aliphatic carbocycles. The normalized spacial score (nSPS) is 10.5. The summed E-state index contributed by atoms with van der Waals surface area (Å²) >= 11 is 2.93. The SMILES string of the molecule is Cc1cc(C(=O)CSc2cccc(F)c2)cs1. The summed E-state index contributed by atoms with van der Waals surface area (Å²) in [6, 6.07) is 8.18. The second-order valence-corrected chi connectivity index (χ2v) is 5.78. The molecule has 1 nitrogen and oxygen atoms in total. The average Bonchev–Trinajstić information content (AvgIpc) is 2.73. The summed E-state index contributed by atoms with van der Waals surface area (Å²) in [6.07, 6.45) is 0. The molecule has 0 aliphatic heterocycles. The van der Waals surface area contributed by atoms with Gasteiger partial charge in [0.15, 0.2) is 5.78 Å². The number of rotatable bonds is 4. The van der Waals surface area contributed by atoms with Crippen molar-refractivity contribution in [3.8, 4) is 0 Å². The first-order chi connectivity index (χ1) is 8.15. The zero-order valence-corrected chi connectivity index (χ0v) is 10.9. The number of thioether (sulfide) groups is 1. The van der Waals surface area contributed by atoms with E-state index in [1.165, 1.54) is 23.9 Å². The van der Waals surface area contributed by atoms with Crippen molar-refractivity contribution in [2.24, 2.45) is 0 Å². The van der Waals surface area contributed by atoms with Crippen LogP contribution >= 0.6 is 23.1 Å². The van der Waals surface area contributed by atoms with Gasteiger partial charge < -0.3 is 0 Å². The monoisotopic (exact) mass is 266 g/mol. The average molecular weight is 266 g/mol. The van der Waals surface area contributed by atoms with E-state index in [1.54, 1.807) is 23.5 Å². The fourth-order valence-electron chi connectivity index (χ4n) is 1.38. The number of hydrogen-bond donors (Lipinski definition) is 0. The molecule has 0 fully saturated rings. The molecule has 0 N–H and O–H groups in total. The Morgan fingerprint density at radius 1 is 1.41 bits per heavy atom. The molecular weight excluding hydrogens is 255 g/mol. The van der Waals surface area contributed by atoms with Crippen LogP contribution in [0, 0.1) is 12.7 Å². The van der Waals surface area contributed by atoms with Crippen LogP contribution in [0.5, 0.6) is 0 Å². The quantitative estimate of drug-likeness (QED) is 0.610. The molecule has 0 atom stereocenters. The number of halogens is 1. The third-order valence-corrected chi connectivity index (χ3v) is 4.07. The number of aryl methyl sites for hydroxylation is 1. The molecule has 0 saturated carbocycles. The van der Waals surface area contributed by atoms with Crippen LogP contribution in [0.4, 0.5) is 4.39 Å². The Balaban J connectivity index is 1.97. The van der Waals surface area contributed by atoms with Gasteiger partial charge in [-0.3, -0.25) is 4.79 Å². The van der Waals surface area contributed by atoms with Crippen molar-refractivity contribution in [3.63, 3.8) is 0 Å². The maximum Gasteiger partial charge on any atom is 0.173 e. The molecule has 0 amide bonds. The van der Waals surface area contributed by atoms with E-state index < -0.39 is 0 Å². The molecule has 1 aromatic carbocycles. The van der Waals surface area contributed by atoms with E-state index in [2.05, 4.69) is 0 Å². The number of hydrogen-bond acceptors (Lipinski definition) is 3. The number of Topliss-reactive ketones (excluding diaryl/α,β-unsaturated/α-hetero) is 1. The molecule has 0 spiro atoms. The third kappa shape index (κ3) is 3.41. The zero-order chi connectivity index (χ0) is 12.3. The maximum atomic E-state index is 12.9. The van der Waals surface area contributed by atoms with Gasteiger partial charge in [-0.25, -0.2) is 4.39 Å². The molecule has 0 radical (unpaired) electrons. The Kier molecular flexibility index (Phi) is 3.97. The van der Waals surface area contributed by atoms with E-state index >= 15 is 0 Å². The molecule has 17 heavy (non-hydrogen) atoms. The van der Waals surface area contributed by atoms with Gasteiger partial charge in [-0.2, -0.15) is 0 Å². The van der Waals surface area contributed by atoms with E-state index in [0.29, 0.717) is 5.75 Å². The van der Waals surface area contributed by atoms with Crippen LogP contribution in [0.25, 0.3) is 0 Å². The summed E-state index contributed by atoms with van der Waals surface area (Å²) in [5, 5.41) is 1.86. The minimum Gasteiger partial charge on any atom is -0.293 e. The second kappa shape index (κ2) is 5.47. The third-order valence-electron chi connectivity index (χ3n) is 2.22. The summed E-state index contributed by atoms with van der Waals surface area (Å²) in [5.41, 5.74) is 0.747. The highest BCUT2D eigenvalue weighted by atomic mass is 32.2. The number of thiophene rings is 1. The van der Waals surface area contributed by atoms with Crippen molar-refractivity contribution in [2.75, 3.05) is 5.75 Å². The number of carbonyl (C=O) groups excluding carboxylic acids is 1. The van der Waals surface area contributed by atoms with Crippen LogP contribution in [0.3, 0.4) is 0 Å².